The molecular weight excluding hydrogens is 417 g/mol. The van der Waals surface area contributed by atoms with Crippen LogP contribution in [0.25, 0.3) is 0 Å². The molecule has 2 aromatic carbocycles. The molecule has 1 aliphatic heterocycles. The highest BCUT2D eigenvalue weighted by Gasteiger charge is 2.46. The Morgan fingerprint density at radius 1 is 1.22 bits per heavy atom. The van der Waals surface area contributed by atoms with Gasteiger partial charge < -0.3 is 4.74 Å². The fraction of sp³-hybridized carbons (Fsp3) is 0.304. The van der Waals surface area contributed by atoms with Crippen LogP contribution in [0.1, 0.15) is 37.0 Å². The first-order valence-corrected chi connectivity index (χ1v) is 10.2. The highest BCUT2D eigenvalue weighted by Crippen LogP contribution is 2.28. The van der Waals surface area contributed by atoms with Gasteiger partial charge in [-0.1, -0.05) is 26.0 Å². The van der Waals surface area contributed by atoms with E-state index in [1.807, 2.05) is 0 Å². The average Bonchev–Trinajstić information content (AvgIpc) is 3.09. The molecule has 0 aromatic heterocycles. The SMILES string of the molecule is CCC(C)C(=O)N(NC(=O)c1cccc(F)c1)C1CC(=O)N(c2cccc(OC)c2)C1=O. The third-order valence-electron chi connectivity index (χ3n) is 5.33. The number of hydrogen-bond acceptors (Lipinski definition) is 5. The number of imide groups is 1. The number of hydrogen-bond donors (Lipinski definition) is 1. The van der Waals surface area contributed by atoms with E-state index in [1.165, 1.54) is 31.4 Å². The van der Waals surface area contributed by atoms with Crippen molar-refractivity contribution in [2.75, 3.05) is 12.0 Å². The lowest BCUT2D eigenvalue weighted by molar-refractivity contribution is -0.144. The molecule has 1 saturated heterocycles. The first-order chi connectivity index (χ1) is 15.3. The van der Waals surface area contributed by atoms with Gasteiger partial charge in [-0.15, -0.1) is 0 Å². The van der Waals surface area contributed by atoms with Crippen LogP contribution < -0.4 is 15.1 Å². The molecule has 1 heterocycles. The van der Waals surface area contributed by atoms with Gasteiger partial charge in [0, 0.05) is 17.5 Å². The van der Waals surface area contributed by atoms with E-state index in [-0.39, 0.29) is 12.0 Å². The van der Waals surface area contributed by atoms with Crippen LogP contribution in [-0.2, 0) is 14.4 Å². The summed E-state index contributed by atoms with van der Waals surface area (Å²) in [6.07, 6.45) is 0.154. The van der Waals surface area contributed by atoms with Crippen LogP contribution in [0.5, 0.6) is 5.75 Å². The van der Waals surface area contributed by atoms with Crippen LogP contribution in [0.2, 0.25) is 0 Å². The summed E-state index contributed by atoms with van der Waals surface area (Å²) in [5, 5.41) is 0.905. The van der Waals surface area contributed by atoms with Gasteiger partial charge in [0.05, 0.1) is 19.2 Å². The van der Waals surface area contributed by atoms with E-state index >= 15 is 0 Å². The minimum Gasteiger partial charge on any atom is -0.497 e. The van der Waals surface area contributed by atoms with Crippen molar-refractivity contribution < 1.29 is 28.3 Å². The molecule has 2 aromatic rings. The topological polar surface area (TPSA) is 96.0 Å². The minimum absolute atomic E-state index is 0.0200. The molecule has 32 heavy (non-hydrogen) atoms. The molecule has 1 fully saturated rings. The zero-order valence-electron chi connectivity index (χ0n) is 18.0. The lowest BCUT2D eigenvalue weighted by atomic mass is 10.1. The molecule has 2 atom stereocenters. The summed E-state index contributed by atoms with van der Waals surface area (Å²) in [5.74, 6) is -3.13. The van der Waals surface area contributed by atoms with Crippen molar-refractivity contribution in [2.45, 2.75) is 32.7 Å². The molecule has 4 amide bonds. The molecule has 168 valence electrons. The van der Waals surface area contributed by atoms with E-state index in [1.54, 1.807) is 32.0 Å². The van der Waals surface area contributed by atoms with Crippen molar-refractivity contribution >= 4 is 29.3 Å². The summed E-state index contributed by atoms with van der Waals surface area (Å²) in [5.41, 5.74) is 2.70. The first-order valence-electron chi connectivity index (χ1n) is 10.2. The molecule has 9 heteroatoms. The second kappa shape index (κ2) is 9.59. The highest BCUT2D eigenvalue weighted by molar-refractivity contribution is 6.23. The normalized spacial score (nSPS) is 16.6. The number of benzene rings is 2. The maximum atomic E-state index is 13.5. The van der Waals surface area contributed by atoms with Gasteiger partial charge in [-0.2, -0.15) is 0 Å². The van der Waals surface area contributed by atoms with E-state index in [0.717, 1.165) is 16.0 Å². The van der Waals surface area contributed by atoms with Crippen molar-refractivity contribution in [2.24, 2.45) is 5.92 Å². The highest BCUT2D eigenvalue weighted by atomic mass is 19.1. The van der Waals surface area contributed by atoms with Crippen molar-refractivity contribution in [3.8, 4) is 5.75 Å². The number of halogens is 1. The molecule has 0 saturated carbocycles. The number of rotatable bonds is 6. The number of ether oxygens (including phenoxy) is 1. The first kappa shape index (κ1) is 22.9. The third-order valence-corrected chi connectivity index (χ3v) is 5.33. The third kappa shape index (κ3) is 4.61. The second-order valence-electron chi connectivity index (χ2n) is 7.46. The van der Waals surface area contributed by atoms with Gasteiger partial charge in [0.2, 0.25) is 11.8 Å². The standard InChI is InChI=1S/C23H24FN3O5/c1-4-14(2)22(30)27(25-21(29)15-7-5-8-16(24)11-15)19-13-20(28)26(23(19)31)17-9-6-10-18(12-17)32-3/h5-12,14,19H,4,13H2,1-3H3,(H,25,29). The Bertz CT molecular complexity index is 1060. The number of hydrazine groups is 1. The zero-order valence-corrected chi connectivity index (χ0v) is 18.0. The summed E-state index contributed by atoms with van der Waals surface area (Å²) in [6, 6.07) is 10.1. The molecule has 0 aliphatic carbocycles. The van der Waals surface area contributed by atoms with Gasteiger partial charge in [-0.25, -0.2) is 14.3 Å². The molecule has 0 bridgehead atoms. The number of anilines is 1. The largest absolute Gasteiger partial charge is 0.497 e. The van der Waals surface area contributed by atoms with Crippen LogP contribution in [-0.4, -0.2) is 41.8 Å². The maximum absolute atomic E-state index is 13.5. The number of methoxy groups -OCH3 is 1. The van der Waals surface area contributed by atoms with Gasteiger partial charge in [-0.05, 0) is 36.8 Å². The van der Waals surface area contributed by atoms with Crippen LogP contribution in [0.3, 0.4) is 0 Å². The van der Waals surface area contributed by atoms with Crippen LogP contribution >= 0.6 is 0 Å². The molecule has 0 spiro atoms. The van der Waals surface area contributed by atoms with Gasteiger partial charge in [-0.3, -0.25) is 24.6 Å². The quantitative estimate of drug-likeness (QED) is 0.549. The summed E-state index contributed by atoms with van der Waals surface area (Å²) < 4.78 is 18.7. The molecule has 1 N–H and O–H groups in total. The molecule has 0 radical (unpaired) electrons. The summed E-state index contributed by atoms with van der Waals surface area (Å²) in [4.78, 5) is 52.6. The predicted octanol–water partition coefficient (Wildman–Crippen LogP) is 2.69. The van der Waals surface area contributed by atoms with Crippen molar-refractivity contribution in [3.63, 3.8) is 0 Å². The van der Waals surface area contributed by atoms with E-state index in [0.29, 0.717) is 17.9 Å². The minimum atomic E-state index is -1.23. The Labute approximate surface area is 184 Å². The molecule has 3 rings (SSSR count). The Kier molecular flexibility index (Phi) is 6.87. The molecule has 8 nitrogen and oxygen atoms in total. The number of nitrogens with one attached hydrogen (secondary N) is 1. The summed E-state index contributed by atoms with van der Waals surface area (Å²) in [7, 11) is 1.46. The van der Waals surface area contributed by atoms with Crippen LogP contribution in [0, 0.1) is 11.7 Å². The summed E-state index contributed by atoms with van der Waals surface area (Å²) >= 11 is 0. The Morgan fingerprint density at radius 3 is 2.59 bits per heavy atom. The van der Waals surface area contributed by atoms with E-state index in [2.05, 4.69) is 5.43 Å². The second-order valence-corrected chi connectivity index (χ2v) is 7.46. The zero-order chi connectivity index (χ0) is 23.4. The van der Waals surface area contributed by atoms with E-state index in [4.69, 9.17) is 4.74 Å². The van der Waals surface area contributed by atoms with Crippen molar-refractivity contribution in [3.05, 3.63) is 59.9 Å². The van der Waals surface area contributed by atoms with Gasteiger partial charge in [0.25, 0.3) is 11.8 Å². The van der Waals surface area contributed by atoms with Crippen LogP contribution in [0.4, 0.5) is 10.1 Å². The number of carbonyl (C=O) groups is 4. The Morgan fingerprint density at radius 2 is 1.94 bits per heavy atom. The maximum Gasteiger partial charge on any atom is 0.269 e. The lowest BCUT2D eigenvalue weighted by Crippen LogP contribution is -2.56. The lowest BCUT2D eigenvalue weighted by Gasteiger charge is -2.30. The number of amides is 4. The van der Waals surface area contributed by atoms with Crippen molar-refractivity contribution in [1.29, 1.82) is 0 Å². The van der Waals surface area contributed by atoms with Gasteiger partial charge in [0.1, 0.15) is 17.6 Å². The van der Waals surface area contributed by atoms with E-state index < -0.39 is 41.4 Å². The van der Waals surface area contributed by atoms with Gasteiger partial charge >= 0.3 is 0 Å². The monoisotopic (exact) mass is 441 g/mol. The Balaban J connectivity index is 1.92. The average molecular weight is 441 g/mol. The molecule has 2 unspecified atom stereocenters. The smallest absolute Gasteiger partial charge is 0.269 e. The fourth-order valence-electron chi connectivity index (χ4n) is 3.34. The number of carbonyl (C=O) groups excluding carboxylic acids is 4. The summed E-state index contributed by atoms with van der Waals surface area (Å²) in [6.45, 7) is 3.45. The van der Waals surface area contributed by atoms with Crippen molar-refractivity contribution in [1.82, 2.24) is 10.4 Å². The fourth-order valence-corrected chi connectivity index (χ4v) is 3.34. The van der Waals surface area contributed by atoms with E-state index in [9.17, 15) is 23.6 Å². The predicted molar refractivity (Wildman–Crippen MR) is 114 cm³/mol. The Hall–Kier alpha value is -3.75. The molecular formula is C23H24FN3O5. The number of nitrogens with zero attached hydrogens (tertiary/aromatic N) is 2. The van der Waals surface area contributed by atoms with Crippen LogP contribution in [0.15, 0.2) is 48.5 Å². The molecule has 1 aliphatic rings. The van der Waals surface area contributed by atoms with Gasteiger partial charge in [0.15, 0.2) is 0 Å².